The molecule has 7 heteroatoms. The molecule has 0 saturated carbocycles. The van der Waals surface area contributed by atoms with Gasteiger partial charge in [0.05, 0.1) is 18.9 Å². The third kappa shape index (κ3) is 4.48. The summed E-state index contributed by atoms with van der Waals surface area (Å²) < 4.78 is 17.0. The van der Waals surface area contributed by atoms with Crippen LogP contribution < -0.4 is 4.74 Å². The summed E-state index contributed by atoms with van der Waals surface area (Å²) >= 11 is 5.30. The van der Waals surface area contributed by atoms with Crippen LogP contribution in [0.4, 0.5) is 0 Å². The van der Waals surface area contributed by atoms with Crippen LogP contribution in [0.1, 0.15) is 42.7 Å². The van der Waals surface area contributed by atoms with Gasteiger partial charge in [-0.2, -0.15) is 0 Å². The molecule has 30 heavy (non-hydrogen) atoms. The molecule has 0 bridgehead atoms. The molecular formula is C23H24NO4PS. The predicted molar refractivity (Wildman–Crippen MR) is 121 cm³/mol. The molecular weight excluding hydrogens is 417 g/mol. The molecule has 1 aliphatic carbocycles. The van der Waals surface area contributed by atoms with Gasteiger partial charge >= 0.3 is 6.72 Å². The molecule has 156 valence electrons. The van der Waals surface area contributed by atoms with Gasteiger partial charge in [-0.3, -0.25) is 9.51 Å². The molecule has 0 saturated heterocycles. The highest BCUT2D eigenvalue weighted by Crippen LogP contribution is 2.51. The van der Waals surface area contributed by atoms with Gasteiger partial charge in [-0.1, -0.05) is 48.5 Å². The minimum absolute atomic E-state index is 0.00480. The van der Waals surface area contributed by atoms with Gasteiger partial charge in [-0.25, -0.2) is 0 Å². The Labute approximate surface area is 181 Å². The third-order valence-electron chi connectivity index (χ3n) is 5.14. The van der Waals surface area contributed by atoms with Crippen molar-refractivity contribution in [3.8, 4) is 16.9 Å². The van der Waals surface area contributed by atoms with E-state index in [2.05, 4.69) is 29.2 Å². The lowest BCUT2D eigenvalue weighted by Gasteiger charge is -2.23. The second kappa shape index (κ2) is 8.96. The summed E-state index contributed by atoms with van der Waals surface area (Å²) in [6.07, 6.45) is 1.12. The molecule has 0 spiro atoms. The first kappa shape index (κ1) is 21.2. The SMILES string of the molecule is CCOc1ccnc([C@H](C)O[P@@](O)(=S)OCC2c3ccccc3-c3ccccc32)c1. The Morgan fingerprint density at radius 1 is 1.07 bits per heavy atom. The van der Waals surface area contributed by atoms with E-state index in [0.29, 0.717) is 18.1 Å². The highest BCUT2D eigenvalue weighted by Gasteiger charge is 2.31. The lowest BCUT2D eigenvalue weighted by Crippen LogP contribution is -2.08. The van der Waals surface area contributed by atoms with E-state index >= 15 is 0 Å². The Morgan fingerprint density at radius 2 is 1.70 bits per heavy atom. The molecule has 5 nitrogen and oxygen atoms in total. The maximum absolute atomic E-state index is 10.7. The molecule has 1 heterocycles. The Bertz CT molecular complexity index is 1040. The number of fused-ring (bicyclic) bond motifs is 3. The van der Waals surface area contributed by atoms with Gasteiger partial charge in [0.25, 0.3) is 0 Å². The van der Waals surface area contributed by atoms with E-state index in [1.165, 1.54) is 22.3 Å². The van der Waals surface area contributed by atoms with Crippen LogP contribution in [0.25, 0.3) is 11.1 Å². The molecule has 2 aromatic carbocycles. The van der Waals surface area contributed by atoms with E-state index in [-0.39, 0.29) is 12.5 Å². The van der Waals surface area contributed by atoms with Gasteiger partial charge in [-0.05, 0) is 54.0 Å². The first-order valence-electron chi connectivity index (χ1n) is 9.91. The average Bonchev–Trinajstić information content (AvgIpc) is 3.06. The summed E-state index contributed by atoms with van der Waals surface area (Å²) in [6, 6.07) is 20.1. The second-order valence-electron chi connectivity index (χ2n) is 7.09. The summed E-state index contributed by atoms with van der Waals surface area (Å²) in [6.45, 7) is 1.05. The van der Waals surface area contributed by atoms with Gasteiger partial charge in [0.2, 0.25) is 0 Å². The van der Waals surface area contributed by atoms with Gasteiger partial charge < -0.3 is 14.2 Å². The number of aromatic nitrogens is 1. The normalized spacial score (nSPS) is 15.8. The highest BCUT2D eigenvalue weighted by atomic mass is 32.5. The van der Waals surface area contributed by atoms with Crippen molar-refractivity contribution in [2.75, 3.05) is 13.2 Å². The Kier molecular flexibility index (Phi) is 6.32. The quantitative estimate of drug-likeness (QED) is 0.459. The maximum Gasteiger partial charge on any atom is 0.325 e. The average molecular weight is 441 g/mol. The fourth-order valence-electron chi connectivity index (χ4n) is 3.80. The van der Waals surface area contributed by atoms with Crippen LogP contribution in [0.2, 0.25) is 0 Å². The summed E-state index contributed by atoms with van der Waals surface area (Å²) in [5.41, 5.74) is 5.36. The highest BCUT2D eigenvalue weighted by molar-refractivity contribution is 8.07. The van der Waals surface area contributed by atoms with Gasteiger partial charge in [0.1, 0.15) is 11.9 Å². The molecule has 3 aromatic rings. The number of rotatable bonds is 8. The van der Waals surface area contributed by atoms with E-state index in [1.54, 1.807) is 25.3 Å². The molecule has 0 fully saturated rings. The monoisotopic (exact) mass is 441 g/mol. The minimum Gasteiger partial charge on any atom is -0.494 e. The molecule has 0 radical (unpaired) electrons. The van der Waals surface area contributed by atoms with Gasteiger partial charge in [0.15, 0.2) is 0 Å². The van der Waals surface area contributed by atoms with E-state index < -0.39 is 12.8 Å². The zero-order valence-corrected chi connectivity index (χ0v) is 18.6. The van der Waals surface area contributed by atoms with Crippen molar-refractivity contribution in [2.45, 2.75) is 25.9 Å². The smallest absolute Gasteiger partial charge is 0.325 e. The van der Waals surface area contributed by atoms with Crippen LogP contribution in [0.3, 0.4) is 0 Å². The minimum atomic E-state index is -3.47. The molecule has 1 N–H and O–H groups in total. The summed E-state index contributed by atoms with van der Waals surface area (Å²) in [7, 11) is 0. The molecule has 0 unspecified atom stereocenters. The number of ether oxygens (including phenoxy) is 1. The van der Waals surface area contributed by atoms with Crippen molar-refractivity contribution in [3.63, 3.8) is 0 Å². The molecule has 4 rings (SSSR count). The Hall–Kier alpha value is -2.08. The number of hydrogen-bond donors (Lipinski definition) is 1. The first-order valence-corrected chi connectivity index (χ1v) is 12.5. The van der Waals surface area contributed by atoms with Crippen molar-refractivity contribution in [2.24, 2.45) is 0 Å². The zero-order valence-electron chi connectivity index (χ0n) is 16.9. The number of nitrogens with zero attached hydrogens (tertiary/aromatic N) is 1. The van der Waals surface area contributed by atoms with E-state index in [1.807, 2.05) is 31.2 Å². The maximum atomic E-state index is 10.7. The van der Waals surface area contributed by atoms with Crippen molar-refractivity contribution < 1.29 is 18.7 Å². The third-order valence-corrected chi connectivity index (χ3v) is 6.77. The second-order valence-corrected chi connectivity index (χ2v) is 9.88. The summed E-state index contributed by atoms with van der Waals surface area (Å²) in [5.74, 6) is 0.703. The number of benzene rings is 2. The van der Waals surface area contributed by atoms with Crippen molar-refractivity contribution in [3.05, 3.63) is 83.7 Å². The lowest BCUT2D eigenvalue weighted by atomic mass is 9.98. The Morgan fingerprint density at radius 3 is 2.33 bits per heavy atom. The van der Waals surface area contributed by atoms with E-state index in [4.69, 9.17) is 25.6 Å². The fourth-order valence-corrected chi connectivity index (χ4v) is 5.27. The van der Waals surface area contributed by atoms with Gasteiger partial charge in [-0.15, -0.1) is 0 Å². The van der Waals surface area contributed by atoms with Crippen molar-refractivity contribution in [1.82, 2.24) is 4.98 Å². The zero-order chi connectivity index (χ0) is 21.1. The van der Waals surface area contributed by atoms with Crippen LogP contribution >= 0.6 is 6.72 Å². The topological polar surface area (TPSA) is 60.8 Å². The van der Waals surface area contributed by atoms with Crippen LogP contribution in [0.5, 0.6) is 5.75 Å². The van der Waals surface area contributed by atoms with Gasteiger partial charge in [0, 0.05) is 18.2 Å². The van der Waals surface area contributed by atoms with Crippen LogP contribution in [-0.4, -0.2) is 23.1 Å². The largest absolute Gasteiger partial charge is 0.494 e. The number of pyridine rings is 1. The van der Waals surface area contributed by atoms with Crippen molar-refractivity contribution in [1.29, 1.82) is 0 Å². The van der Waals surface area contributed by atoms with E-state index in [9.17, 15) is 4.89 Å². The standard InChI is InChI=1S/C23H24NO4PS/c1-3-26-17-12-13-24-23(14-17)16(2)28-29(25,30)27-15-22-20-10-6-4-8-18(20)19-9-5-7-11-21(19)22/h4-14,16,22H,3,15H2,1-2H3,(H,25,30)/t16-,29-/m0/s1. The van der Waals surface area contributed by atoms with Crippen LogP contribution in [-0.2, 0) is 20.9 Å². The summed E-state index contributed by atoms with van der Waals surface area (Å²) in [5, 5.41) is 0. The lowest BCUT2D eigenvalue weighted by molar-refractivity contribution is 0.147. The molecule has 1 aliphatic rings. The summed E-state index contributed by atoms with van der Waals surface area (Å²) in [4.78, 5) is 15.0. The number of hydrogen-bond acceptors (Lipinski definition) is 5. The van der Waals surface area contributed by atoms with Crippen LogP contribution in [0, 0.1) is 0 Å². The van der Waals surface area contributed by atoms with Crippen LogP contribution in [0.15, 0.2) is 66.9 Å². The molecule has 2 atom stereocenters. The predicted octanol–water partition coefficient (Wildman–Crippen LogP) is 5.60. The van der Waals surface area contributed by atoms with E-state index in [0.717, 1.165) is 0 Å². The molecule has 0 aliphatic heterocycles. The molecule has 1 aromatic heterocycles. The fraction of sp³-hybridized carbons (Fsp3) is 0.261. The first-order chi connectivity index (χ1) is 14.5. The van der Waals surface area contributed by atoms with Crippen molar-refractivity contribution >= 4 is 18.5 Å². The molecule has 0 amide bonds. The Balaban J connectivity index is 1.47.